The van der Waals surface area contributed by atoms with Crippen LogP contribution in [-0.4, -0.2) is 60.0 Å². The molecule has 0 saturated carbocycles. The summed E-state index contributed by atoms with van der Waals surface area (Å²) in [5.41, 5.74) is 4.99. The smallest absolute Gasteiger partial charge is 0.410 e. The van der Waals surface area contributed by atoms with Gasteiger partial charge < -0.3 is 19.1 Å². The topological polar surface area (TPSA) is 73.8 Å². The highest BCUT2D eigenvalue weighted by Crippen LogP contribution is 2.34. The highest BCUT2D eigenvalue weighted by atomic mass is 16.6. The molecule has 1 atom stereocenters. The Kier molecular flexibility index (Phi) is 6.75. The Morgan fingerprint density at radius 1 is 1.12 bits per heavy atom. The van der Waals surface area contributed by atoms with Crippen LogP contribution in [0.3, 0.4) is 0 Å². The zero-order chi connectivity index (χ0) is 24.5. The molecule has 1 aromatic carbocycles. The number of benzene rings is 1. The Morgan fingerprint density at radius 2 is 1.88 bits per heavy atom. The van der Waals surface area contributed by atoms with Gasteiger partial charge in [-0.15, -0.1) is 0 Å². The van der Waals surface area contributed by atoms with Gasteiger partial charge in [-0.25, -0.2) is 14.8 Å². The number of amides is 1. The van der Waals surface area contributed by atoms with Crippen LogP contribution in [-0.2, 0) is 9.47 Å². The fourth-order valence-electron chi connectivity index (χ4n) is 4.28. The average Bonchev–Trinajstić information content (AvgIpc) is 3.03. The molecule has 2 aromatic heterocycles. The molecule has 0 spiro atoms. The number of carbonyl (C=O) groups excluding carboxylic acids is 1. The summed E-state index contributed by atoms with van der Waals surface area (Å²) in [5.74, 6) is 0.728. The summed E-state index contributed by atoms with van der Waals surface area (Å²) in [5, 5.41) is 0.953. The number of aryl methyl sites for hydroxylation is 2. The van der Waals surface area contributed by atoms with Crippen LogP contribution >= 0.6 is 0 Å². The minimum absolute atomic E-state index is 0.0690. The first-order valence-corrected chi connectivity index (χ1v) is 11.6. The van der Waals surface area contributed by atoms with Gasteiger partial charge in [0, 0.05) is 30.0 Å². The van der Waals surface area contributed by atoms with Crippen molar-refractivity contribution in [2.75, 3.05) is 33.4 Å². The zero-order valence-corrected chi connectivity index (χ0v) is 20.8. The van der Waals surface area contributed by atoms with E-state index in [0.717, 1.165) is 39.2 Å². The second kappa shape index (κ2) is 9.58. The standard InChI is InChI=1S/C27H33N3O4/c1-17-13-18(2)24(23(14-17)32-6)22-10-8-19-7-9-21(28-25(19)29-22)20-15-30(11-12-33-16-20)26(31)34-27(3,4)5/h7-10,13-14,20H,11-12,15-16H2,1-6H3. The normalized spacial score (nSPS) is 16.9. The number of rotatable bonds is 3. The number of methoxy groups -OCH3 is 1. The molecule has 1 aliphatic rings. The van der Waals surface area contributed by atoms with Gasteiger partial charge in [-0.05, 0) is 76.1 Å². The molecule has 1 unspecified atom stereocenters. The van der Waals surface area contributed by atoms with Crippen molar-refractivity contribution in [1.82, 2.24) is 14.9 Å². The quantitative estimate of drug-likeness (QED) is 0.527. The molecule has 0 radical (unpaired) electrons. The van der Waals surface area contributed by atoms with Crippen LogP contribution in [0.5, 0.6) is 5.75 Å². The summed E-state index contributed by atoms with van der Waals surface area (Å²) in [4.78, 5) is 24.2. The van der Waals surface area contributed by atoms with E-state index >= 15 is 0 Å². The van der Waals surface area contributed by atoms with Crippen molar-refractivity contribution < 1.29 is 19.0 Å². The van der Waals surface area contributed by atoms with Gasteiger partial charge in [-0.1, -0.05) is 6.07 Å². The molecule has 7 nitrogen and oxygen atoms in total. The van der Waals surface area contributed by atoms with Crippen LogP contribution in [0.15, 0.2) is 36.4 Å². The SMILES string of the molecule is COc1cc(C)cc(C)c1-c1ccc2ccc(C3COCCN(C(=O)OC(C)(C)C)C3)nc2n1. The molecule has 4 rings (SSSR count). The van der Waals surface area contributed by atoms with E-state index in [0.29, 0.717) is 32.0 Å². The van der Waals surface area contributed by atoms with Crippen molar-refractivity contribution in [3.8, 4) is 17.0 Å². The fraction of sp³-hybridized carbons (Fsp3) is 0.444. The monoisotopic (exact) mass is 463 g/mol. The van der Waals surface area contributed by atoms with Crippen molar-refractivity contribution in [1.29, 1.82) is 0 Å². The molecule has 0 N–H and O–H groups in total. The minimum atomic E-state index is -0.545. The molecule has 34 heavy (non-hydrogen) atoms. The predicted octanol–water partition coefficient (Wildman–Crippen LogP) is 5.27. The average molecular weight is 464 g/mol. The van der Waals surface area contributed by atoms with E-state index in [1.54, 1.807) is 12.0 Å². The highest BCUT2D eigenvalue weighted by molar-refractivity contribution is 5.81. The van der Waals surface area contributed by atoms with E-state index in [1.165, 1.54) is 0 Å². The van der Waals surface area contributed by atoms with Crippen molar-refractivity contribution in [3.63, 3.8) is 0 Å². The van der Waals surface area contributed by atoms with Crippen LogP contribution < -0.4 is 4.74 Å². The Hall–Kier alpha value is -3.19. The Labute approximate surface area is 201 Å². The first-order chi connectivity index (χ1) is 16.1. The molecule has 180 valence electrons. The Balaban J connectivity index is 1.66. The predicted molar refractivity (Wildman–Crippen MR) is 132 cm³/mol. The van der Waals surface area contributed by atoms with Crippen LogP contribution in [0.1, 0.15) is 43.5 Å². The van der Waals surface area contributed by atoms with Gasteiger partial charge in [0.15, 0.2) is 5.65 Å². The summed E-state index contributed by atoms with van der Waals surface area (Å²) >= 11 is 0. The minimum Gasteiger partial charge on any atom is -0.496 e. The van der Waals surface area contributed by atoms with E-state index in [-0.39, 0.29) is 12.0 Å². The number of carbonyl (C=O) groups is 1. The van der Waals surface area contributed by atoms with Crippen molar-refractivity contribution in [3.05, 3.63) is 53.2 Å². The molecule has 0 aliphatic carbocycles. The fourth-order valence-corrected chi connectivity index (χ4v) is 4.28. The number of pyridine rings is 2. The van der Waals surface area contributed by atoms with Gasteiger partial charge in [-0.2, -0.15) is 0 Å². The van der Waals surface area contributed by atoms with Crippen molar-refractivity contribution in [2.24, 2.45) is 0 Å². The Bertz CT molecular complexity index is 1200. The summed E-state index contributed by atoms with van der Waals surface area (Å²) in [6.45, 7) is 11.7. The number of nitrogens with zero attached hydrogens (tertiary/aromatic N) is 3. The summed E-state index contributed by atoms with van der Waals surface area (Å²) in [6.07, 6.45) is -0.328. The summed E-state index contributed by atoms with van der Waals surface area (Å²) in [6, 6.07) is 12.2. The number of hydrogen-bond donors (Lipinski definition) is 0. The van der Waals surface area contributed by atoms with E-state index in [4.69, 9.17) is 24.2 Å². The molecule has 3 heterocycles. The molecular formula is C27H33N3O4. The van der Waals surface area contributed by atoms with Gasteiger partial charge in [0.05, 0.1) is 31.7 Å². The number of aromatic nitrogens is 2. The maximum atomic E-state index is 12.7. The third-order valence-electron chi connectivity index (χ3n) is 5.83. The maximum Gasteiger partial charge on any atom is 0.410 e. The highest BCUT2D eigenvalue weighted by Gasteiger charge is 2.28. The van der Waals surface area contributed by atoms with Crippen molar-refractivity contribution in [2.45, 2.75) is 46.1 Å². The molecule has 1 amide bonds. The number of ether oxygens (including phenoxy) is 3. The second-order valence-electron chi connectivity index (χ2n) is 9.84. The molecule has 7 heteroatoms. The molecule has 0 bridgehead atoms. The van der Waals surface area contributed by atoms with Gasteiger partial charge in [0.25, 0.3) is 0 Å². The molecule has 3 aromatic rings. The number of hydrogen-bond acceptors (Lipinski definition) is 6. The van der Waals surface area contributed by atoms with Crippen LogP contribution in [0.25, 0.3) is 22.3 Å². The summed E-state index contributed by atoms with van der Waals surface area (Å²) < 4.78 is 17.0. The first kappa shape index (κ1) is 24.0. The van der Waals surface area contributed by atoms with Gasteiger partial charge in [-0.3, -0.25) is 0 Å². The zero-order valence-electron chi connectivity index (χ0n) is 20.8. The second-order valence-corrected chi connectivity index (χ2v) is 9.84. The van der Waals surface area contributed by atoms with Crippen LogP contribution in [0.4, 0.5) is 4.79 Å². The maximum absolute atomic E-state index is 12.7. The third-order valence-corrected chi connectivity index (χ3v) is 5.83. The van der Waals surface area contributed by atoms with E-state index in [2.05, 4.69) is 19.9 Å². The van der Waals surface area contributed by atoms with Crippen LogP contribution in [0.2, 0.25) is 0 Å². The largest absolute Gasteiger partial charge is 0.496 e. The van der Waals surface area contributed by atoms with Crippen molar-refractivity contribution >= 4 is 17.1 Å². The molecule has 1 saturated heterocycles. The number of fused-ring (bicyclic) bond motifs is 1. The van der Waals surface area contributed by atoms with Gasteiger partial charge in [0.1, 0.15) is 11.4 Å². The lowest BCUT2D eigenvalue weighted by molar-refractivity contribution is 0.0240. The summed E-state index contributed by atoms with van der Waals surface area (Å²) in [7, 11) is 1.68. The van der Waals surface area contributed by atoms with Gasteiger partial charge >= 0.3 is 6.09 Å². The Morgan fingerprint density at radius 3 is 2.62 bits per heavy atom. The van der Waals surface area contributed by atoms with E-state index in [9.17, 15) is 4.79 Å². The van der Waals surface area contributed by atoms with E-state index in [1.807, 2.05) is 51.1 Å². The van der Waals surface area contributed by atoms with Crippen LogP contribution in [0, 0.1) is 13.8 Å². The lowest BCUT2D eigenvalue weighted by Crippen LogP contribution is -2.39. The molecule has 1 fully saturated rings. The molecular weight excluding hydrogens is 430 g/mol. The lowest BCUT2D eigenvalue weighted by Gasteiger charge is -2.27. The molecule has 1 aliphatic heterocycles. The third kappa shape index (κ3) is 5.30. The van der Waals surface area contributed by atoms with E-state index < -0.39 is 5.60 Å². The first-order valence-electron chi connectivity index (χ1n) is 11.6. The van der Waals surface area contributed by atoms with Gasteiger partial charge in [0.2, 0.25) is 0 Å². The lowest BCUT2D eigenvalue weighted by atomic mass is 10.0.